The Labute approximate surface area is 127 Å². The van der Waals surface area contributed by atoms with Crippen molar-refractivity contribution >= 4 is 23.3 Å². The van der Waals surface area contributed by atoms with Gasteiger partial charge in [0.1, 0.15) is 0 Å². The second-order valence-electron chi connectivity index (χ2n) is 5.22. The number of hydrogen-bond donors (Lipinski definition) is 1. The highest BCUT2D eigenvalue weighted by molar-refractivity contribution is 7.10. The predicted molar refractivity (Wildman–Crippen MR) is 79.8 cm³/mol. The Balaban J connectivity index is 2.03. The Morgan fingerprint density at radius 3 is 2.86 bits per heavy atom. The van der Waals surface area contributed by atoms with Crippen LogP contribution in [0.2, 0.25) is 0 Å². The smallest absolute Gasteiger partial charge is 0.338 e. The van der Waals surface area contributed by atoms with Gasteiger partial charge < -0.3 is 10.1 Å². The van der Waals surface area contributed by atoms with Crippen molar-refractivity contribution in [2.45, 2.75) is 38.8 Å². The van der Waals surface area contributed by atoms with E-state index in [1.54, 1.807) is 11.8 Å². The highest BCUT2D eigenvalue weighted by Crippen LogP contribution is 2.38. The summed E-state index contributed by atoms with van der Waals surface area (Å²) >= 11 is 1.52. The van der Waals surface area contributed by atoms with E-state index in [2.05, 4.69) is 5.32 Å². The third-order valence-corrected chi connectivity index (χ3v) is 4.70. The van der Waals surface area contributed by atoms with Crippen LogP contribution in [0.5, 0.6) is 0 Å². The number of carbonyl (C=O) groups excluding carboxylic acids is 2. The van der Waals surface area contributed by atoms with E-state index in [1.165, 1.54) is 11.3 Å². The molecule has 2 aliphatic rings. The molecule has 2 heterocycles. The molecule has 6 heteroatoms. The molecule has 3 rings (SSSR count). The summed E-state index contributed by atoms with van der Waals surface area (Å²) in [4.78, 5) is 27.4. The number of thiophene rings is 1. The maximum absolute atomic E-state index is 12.4. The first kappa shape index (κ1) is 14.1. The quantitative estimate of drug-likeness (QED) is 0.870. The van der Waals surface area contributed by atoms with Crippen molar-refractivity contribution in [1.82, 2.24) is 10.2 Å². The zero-order valence-corrected chi connectivity index (χ0v) is 12.9. The molecule has 0 spiro atoms. The van der Waals surface area contributed by atoms with Crippen molar-refractivity contribution in [2.24, 2.45) is 0 Å². The largest absolute Gasteiger partial charge is 0.463 e. The number of allylic oxidation sites excluding steroid dienone is 1. The van der Waals surface area contributed by atoms with Crippen LogP contribution in [0.25, 0.3) is 0 Å². The lowest BCUT2D eigenvalue weighted by Crippen LogP contribution is -2.48. The molecule has 0 bridgehead atoms. The summed E-state index contributed by atoms with van der Waals surface area (Å²) in [6.07, 6.45) is 1.98. The van der Waals surface area contributed by atoms with Gasteiger partial charge in [-0.25, -0.2) is 9.59 Å². The lowest BCUT2D eigenvalue weighted by molar-refractivity contribution is -0.139. The number of rotatable bonds is 4. The summed E-state index contributed by atoms with van der Waals surface area (Å²) in [7, 11) is 0. The van der Waals surface area contributed by atoms with Gasteiger partial charge in [-0.2, -0.15) is 0 Å². The van der Waals surface area contributed by atoms with E-state index in [-0.39, 0.29) is 18.0 Å². The zero-order chi connectivity index (χ0) is 15.0. The van der Waals surface area contributed by atoms with Gasteiger partial charge in [-0.1, -0.05) is 6.07 Å². The molecule has 112 valence electrons. The fraction of sp³-hybridized carbons (Fsp3) is 0.467. The topological polar surface area (TPSA) is 58.6 Å². The third kappa shape index (κ3) is 2.55. The lowest BCUT2D eigenvalue weighted by atomic mass is 10.0. The van der Waals surface area contributed by atoms with E-state index in [9.17, 15) is 9.59 Å². The summed E-state index contributed by atoms with van der Waals surface area (Å²) < 4.78 is 5.19. The fourth-order valence-corrected chi connectivity index (χ4v) is 3.46. The van der Waals surface area contributed by atoms with E-state index in [1.807, 2.05) is 24.4 Å². The number of urea groups is 1. The molecule has 1 fully saturated rings. The number of carbonyl (C=O) groups is 2. The minimum absolute atomic E-state index is 0.124. The molecule has 0 saturated heterocycles. The van der Waals surface area contributed by atoms with E-state index in [0.29, 0.717) is 12.2 Å². The van der Waals surface area contributed by atoms with Crippen LogP contribution in [0.1, 0.15) is 37.6 Å². The molecule has 1 N–H and O–H groups in total. The zero-order valence-electron chi connectivity index (χ0n) is 12.1. The minimum Gasteiger partial charge on any atom is -0.463 e. The van der Waals surface area contributed by atoms with Crippen LogP contribution in [-0.2, 0) is 9.53 Å². The molecule has 2 amide bonds. The number of nitrogens with zero attached hydrogens (tertiary/aromatic N) is 1. The van der Waals surface area contributed by atoms with E-state index in [4.69, 9.17) is 4.74 Å². The minimum atomic E-state index is -0.411. The number of ether oxygens (including phenoxy) is 1. The van der Waals surface area contributed by atoms with Crippen LogP contribution in [0.3, 0.4) is 0 Å². The Kier molecular flexibility index (Phi) is 3.71. The number of esters is 1. The highest BCUT2D eigenvalue weighted by atomic mass is 32.1. The van der Waals surface area contributed by atoms with Gasteiger partial charge in [0.15, 0.2) is 0 Å². The normalized spacial score (nSPS) is 22.3. The molecule has 1 saturated carbocycles. The molecular weight excluding hydrogens is 288 g/mol. The molecule has 1 aromatic heterocycles. The van der Waals surface area contributed by atoms with Crippen molar-refractivity contribution in [3.8, 4) is 0 Å². The molecule has 21 heavy (non-hydrogen) atoms. The monoisotopic (exact) mass is 306 g/mol. The van der Waals surface area contributed by atoms with Crippen LogP contribution in [-0.4, -0.2) is 29.5 Å². The van der Waals surface area contributed by atoms with E-state index < -0.39 is 6.04 Å². The first-order valence-corrected chi connectivity index (χ1v) is 8.02. The second kappa shape index (κ2) is 5.52. The molecule has 1 aliphatic heterocycles. The van der Waals surface area contributed by atoms with Crippen molar-refractivity contribution in [3.63, 3.8) is 0 Å². The fourth-order valence-electron chi connectivity index (χ4n) is 2.67. The Morgan fingerprint density at radius 2 is 2.29 bits per heavy atom. The van der Waals surface area contributed by atoms with Gasteiger partial charge in [0.05, 0.1) is 18.2 Å². The number of hydrogen-bond acceptors (Lipinski definition) is 4. The molecule has 0 radical (unpaired) electrons. The number of nitrogens with one attached hydrogen (secondary N) is 1. The average Bonchev–Trinajstić information content (AvgIpc) is 3.11. The standard InChI is InChI=1S/C15H18N2O3S/c1-3-20-14(18)12-9(2)17(10-6-7-10)15(19)16-13(12)11-5-4-8-21-11/h4-5,8,10,13H,3,6-7H2,1-2H3,(H,16,19)/t13-/m1/s1. The number of amides is 2. The maximum Gasteiger partial charge on any atom is 0.338 e. The SMILES string of the molecule is CCOC(=O)C1=C(C)N(C2CC2)C(=O)N[C@@H]1c1cccs1. The molecular formula is C15H18N2O3S. The van der Waals surface area contributed by atoms with E-state index >= 15 is 0 Å². The summed E-state index contributed by atoms with van der Waals surface area (Å²) in [6.45, 7) is 3.95. The van der Waals surface area contributed by atoms with Crippen LogP contribution in [0.15, 0.2) is 28.8 Å². The van der Waals surface area contributed by atoms with Gasteiger partial charge in [0, 0.05) is 16.6 Å². The lowest BCUT2D eigenvalue weighted by Gasteiger charge is -2.35. The Bertz CT molecular complexity index is 590. The molecule has 5 nitrogen and oxygen atoms in total. The molecule has 0 unspecified atom stereocenters. The van der Waals surface area contributed by atoms with Gasteiger partial charge in [0.25, 0.3) is 0 Å². The van der Waals surface area contributed by atoms with Crippen LogP contribution in [0.4, 0.5) is 4.79 Å². The van der Waals surface area contributed by atoms with Crippen molar-refractivity contribution in [3.05, 3.63) is 33.7 Å². The summed E-state index contributed by atoms with van der Waals surface area (Å²) in [5.41, 5.74) is 1.27. The van der Waals surface area contributed by atoms with Crippen LogP contribution < -0.4 is 5.32 Å². The average molecular weight is 306 g/mol. The van der Waals surface area contributed by atoms with Crippen molar-refractivity contribution < 1.29 is 14.3 Å². The Morgan fingerprint density at radius 1 is 1.52 bits per heavy atom. The van der Waals surface area contributed by atoms with Crippen LogP contribution >= 0.6 is 11.3 Å². The highest BCUT2D eigenvalue weighted by Gasteiger charge is 2.42. The molecule has 1 atom stereocenters. The summed E-state index contributed by atoms with van der Waals surface area (Å²) in [6, 6.07) is 3.53. The van der Waals surface area contributed by atoms with Gasteiger partial charge in [0.2, 0.25) is 0 Å². The van der Waals surface area contributed by atoms with Crippen molar-refractivity contribution in [1.29, 1.82) is 0 Å². The summed E-state index contributed by atoms with van der Waals surface area (Å²) in [5.74, 6) is -0.348. The molecule has 1 aromatic rings. The predicted octanol–water partition coefficient (Wildman–Crippen LogP) is 2.81. The van der Waals surface area contributed by atoms with Gasteiger partial charge in [-0.3, -0.25) is 4.90 Å². The van der Waals surface area contributed by atoms with Gasteiger partial charge in [-0.05, 0) is 38.1 Å². The summed E-state index contributed by atoms with van der Waals surface area (Å²) in [5, 5.41) is 4.89. The van der Waals surface area contributed by atoms with E-state index in [0.717, 1.165) is 23.4 Å². The molecule has 1 aliphatic carbocycles. The van der Waals surface area contributed by atoms with Crippen LogP contribution in [0, 0.1) is 0 Å². The van der Waals surface area contributed by atoms with Crippen molar-refractivity contribution in [2.75, 3.05) is 6.61 Å². The second-order valence-corrected chi connectivity index (χ2v) is 6.20. The van der Waals surface area contributed by atoms with Gasteiger partial charge in [-0.15, -0.1) is 11.3 Å². The first-order valence-electron chi connectivity index (χ1n) is 7.14. The van der Waals surface area contributed by atoms with Gasteiger partial charge >= 0.3 is 12.0 Å². The Hall–Kier alpha value is -1.82. The third-order valence-electron chi connectivity index (χ3n) is 3.76. The maximum atomic E-state index is 12.4. The first-order chi connectivity index (χ1) is 10.1. The molecule has 0 aromatic carbocycles.